The van der Waals surface area contributed by atoms with Crippen LogP contribution in [0.15, 0.2) is 35.6 Å². The van der Waals surface area contributed by atoms with E-state index in [9.17, 15) is 14.3 Å². The molecule has 1 N–H and O–H groups in total. The van der Waals surface area contributed by atoms with E-state index in [-0.39, 0.29) is 24.7 Å². The molecule has 2 aromatic heterocycles. The van der Waals surface area contributed by atoms with Gasteiger partial charge in [0, 0.05) is 17.3 Å². The fraction of sp³-hybridized carbons (Fsp3) is 0.273. The molecule has 1 atom stereocenters. The van der Waals surface area contributed by atoms with Gasteiger partial charge in [0.05, 0.1) is 17.4 Å². The number of aliphatic hydroxyl groups is 1. The normalized spacial score (nSPS) is 12.2. The molecule has 0 saturated heterocycles. The summed E-state index contributed by atoms with van der Waals surface area (Å²) in [5.41, 5.74) is 0. The van der Waals surface area contributed by atoms with Gasteiger partial charge in [0.2, 0.25) is 5.82 Å². The monoisotopic (exact) mass is 296 g/mol. The summed E-state index contributed by atoms with van der Waals surface area (Å²) in [4.78, 5) is 18.6. The summed E-state index contributed by atoms with van der Waals surface area (Å²) < 4.78 is 13.4. The van der Waals surface area contributed by atoms with Crippen molar-refractivity contribution < 1.29 is 14.2 Å². The van der Waals surface area contributed by atoms with Gasteiger partial charge in [-0.15, -0.1) is 0 Å². The first-order chi connectivity index (χ1) is 9.63. The molecule has 0 saturated carbocycles. The van der Waals surface area contributed by atoms with Crippen molar-refractivity contribution in [1.29, 1.82) is 0 Å². The minimum absolute atomic E-state index is 0.0395. The Labute approximate surface area is 116 Å². The van der Waals surface area contributed by atoms with Crippen molar-refractivity contribution >= 4 is 16.6 Å². The highest BCUT2D eigenvalue weighted by Gasteiger charge is 2.21. The predicted octanol–water partition coefficient (Wildman–Crippen LogP) is 0.486. The molecule has 0 bridgehead atoms. The predicted molar refractivity (Wildman–Crippen MR) is 70.3 cm³/mol. The van der Waals surface area contributed by atoms with Crippen molar-refractivity contribution in [2.24, 2.45) is 0 Å². The second-order valence-corrected chi connectivity index (χ2v) is 5.29. The molecule has 2 rings (SSSR count). The van der Waals surface area contributed by atoms with E-state index in [4.69, 9.17) is 5.11 Å². The molecule has 0 aliphatic heterocycles. The van der Waals surface area contributed by atoms with Gasteiger partial charge in [-0.1, -0.05) is 0 Å². The van der Waals surface area contributed by atoms with Gasteiger partial charge in [0.25, 0.3) is 0 Å². The molecule has 0 amide bonds. The summed E-state index contributed by atoms with van der Waals surface area (Å²) in [6.45, 7) is -0.217. The molecule has 2 heterocycles. The second kappa shape index (κ2) is 6.35. The standard InChI is InChI=1S/C11H12N4O4S/c16-6-5-14-10(13-7-11(14)15(17)18)8-20(19)9-1-3-12-4-2-9/h1-4,7,16H,5-6,8H2. The van der Waals surface area contributed by atoms with E-state index >= 15 is 0 Å². The molecular formula is C11H12N4O4S. The van der Waals surface area contributed by atoms with Gasteiger partial charge in [0.15, 0.2) is 0 Å². The number of nitrogens with zero attached hydrogens (tertiary/aromatic N) is 4. The fourth-order valence-corrected chi connectivity index (χ4v) is 2.76. The zero-order chi connectivity index (χ0) is 14.5. The summed E-state index contributed by atoms with van der Waals surface area (Å²) in [5, 5.41) is 19.8. The number of nitro groups is 1. The minimum atomic E-state index is -1.38. The topological polar surface area (TPSA) is 111 Å². The maximum absolute atomic E-state index is 12.1. The van der Waals surface area contributed by atoms with Gasteiger partial charge < -0.3 is 15.2 Å². The van der Waals surface area contributed by atoms with E-state index in [1.165, 1.54) is 17.0 Å². The molecule has 8 nitrogen and oxygen atoms in total. The first-order valence-corrected chi connectivity index (χ1v) is 7.03. The second-order valence-electron chi connectivity index (χ2n) is 3.84. The summed E-state index contributed by atoms with van der Waals surface area (Å²) in [6.07, 6.45) is 4.15. The number of pyridine rings is 1. The molecule has 0 radical (unpaired) electrons. The SMILES string of the molecule is O=[N+]([O-])c1cnc(CS(=O)c2ccncc2)n1CCO. The lowest BCUT2D eigenvalue weighted by Gasteiger charge is -2.03. The van der Waals surface area contributed by atoms with Crippen LogP contribution in [0.25, 0.3) is 0 Å². The fourth-order valence-electron chi connectivity index (χ4n) is 1.70. The molecule has 0 spiro atoms. The highest BCUT2D eigenvalue weighted by atomic mass is 32.2. The van der Waals surface area contributed by atoms with Crippen LogP contribution in [-0.2, 0) is 23.1 Å². The lowest BCUT2D eigenvalue weighted by Crippen LogP contribution is -2.11. The Balaban J connectivity index is 2.25. The van der Waals surface area contributed by atoms with Crippen LogP contribution < -0.4 is 0 Å². The van der Waals surface area contributed by atoms with Crippen molar-refractivity contribution in [2.75, 3.05) is 6.61 Å². The molecule has 9 heteroatoms. The van der Waals surface area contributed by atoms with Crippen LogP contribution in [0.5, 0.6) is 0 Å². The third-order valence-electron chi connectivity index (χ3n) is 2.60. The van der Waals surface area contributed by atoms with Crippen LogP contribution in [0.4, 0.5) is 5.82 Å². The van der Waals surface area contributed by atoms with Gasteiger partial charge in [-0.3, -0.25) is 9.19 Å². The van der Waals surface area contributed by atoms with E-state index in [2.05, 4.69) is 9.97 Å². The van der Waals surface area contributed by atoms with E-state index in [1.807, 2.05) is 0 Å². The quantitative estimate of drug-likeness (QED) is 0.613. The van der Waals surface area contributed by atoms with Gasteiger partial charge in [-0.2, -0.15) is 0 Å². The first-order valence-electron chi connectivity index (χ1n) is 5.71. The Morgan fingerprint density at radius 3 is 2.70 bits per heavy atom. The molecule has 0 aliphatic carbocycles. The van der Waals surface area contributed by atoms with Crippen molar-refractivity contribution in [3.05, 3.63) is 46.7 Å². The van der Waals surface area contributed by atoms with Crippen LogP contribution in [-0.4, -0.2) is 35.4 Å². The van der Waals surface area contributed by atoms with E-state index in [1.54, 1.807) is 12.1 Å². The number of imidazole rings is 1. The zero-order valence-electron chi connectivity index (χ0n) is 10.4. The molecule has 0 aliphatic rings. The number of rotatable bonds is 6. The smallest absolute Gasteiger partial charge is 0.342 e. The average molecular weight is 296 g/mol. The Morgan fingerprint density at radius 2 is 2.10 bits per heavy atom. The van der Waals surface area contributed by atoms with Gasteiger partial charge in [-0.25, -0.2) is 9.55 Å². The molecule has 20 heavy (non-hydrogen) atoms. The Bertz CT molecular complexity index is 629. The summed E-state index contributed by atoms with van der Waals surface area (Å²) >= 11 is 0. The van der Waals surface area contributed by atoms with Crippen LogP contribution in [0.2, 0.25) is 0 Å². The molecule has 106 valence electrons. The van der Waals surface area contributed by atoms with E-state index < -0.39 is 15.7 Å². The lowest BCUT2D eigenvalue weighted by molar-refractivity contribution is -0.392. The Morgan fingerprint density at radius 1 is 1.40 bits per heavy atom. The highest BCUT2D eigenvalue weighted by molar-refractivity contribution is 7.84. The summed E-state index contributed by atoms with van der Waals surface area (Å²) in [7, 11) is -1.38. The van der Waals surface area contributed by atoms with E-state index in [0.29, 0.717) is 10.7 Å². The molecule has 1 unspecified atom stereocenters. The van der Waals surface area contributed by atoms with Gasteiger partial charge >= 0.3 is 5.82 Å². The van der Waals surface area contributed by atoms with E-state index in [0.717, 1.165) is 6.20 Å². The molecule has 2 aromatic rings. The summed E-state index contributed by atoms with van der Waals surface area (Å²) in [5.74, 6) is 0.124. The molecule has 0 aromatic carbocycles. The van der Waals surface area contributed by atoms with Crippen LogP contribution in [0.3, 0.4) is 0 Å². The van der Waals surface area contributed by atoms with Gasteiger partial charge in [-0.05, 0) is 17.1 Å². The maximum Gasteiger partial charge on any atom is 0.342 e. The lowest BCUT2D eigenvalue weighted by atomic mass is 10.5. The largest absolute Gasteiger partial charge is 0.392 e. The molecular weight excluding hydrogens is 284 g/mol. The highest BCUT2D eigenvalue weighted by Crippen LogP contribution is 2.17. The van der Waals surface area contributed by atoms with Crippen LogP contribution in [0, 0.1) is 10.1 Å². The number of aliphatic hydroxyl groups excluding tert-OH is 1. The first kappa shape index (κ1) is 14.3. The average Bonchev–Trinajstić information content (AvgIpc) is 2.83. The maximum atomic E-state index is 12.1. The number of hydrogen-bond donors (Lipinski definition) is 1. The number of hydrogen-bond acceptors (Lipinski definition) is 6. The Kier molecular flexibility index (Phi) is 4.53. The van der Waals surface area contributed by atoms with Crippen LogP contribution in [0.1, 0.15) is 5.82 Å². The summed E-state index contributed by atoms with van der Waals surface area (Å²) in [6, 6.07) is 3.23. The Hall–Kier alpha value is -2.13. The van der Waals surface area contributed by atoms with Crippen molar-refractivity contribution in [1.82, 2.24) is 14.5 Å². The third-order valence-corrected chi connectivity index (χ3v) is 3.92. The number of aromatic nitrogens is 3. The van der Waals surface area contributed by atoms with Gasteiger partial charge in [0.1, 0.15) is 18.5 Å². The molecule has 0 fully saturated rings. The van der Waals surface area contributed by atoms with Crippen LogP contribution >= 0.6 is 0 Å². The zero-order valence-corrected chi connectivity index (χ0v) is 11.2. The van der Waals surface area contributed by atoms with Crippen molar-refractivity contribution in [3.63, 3.8) is 0 Å². The third kappa shape index (κ3) is 3.06. The van der Waals surface area contributed by atoms with Crippen molar-refractivity contribution in [2.45, 2.75) is 17.2 Å². The minimum Gasteiger partial charge on any atom is -0.392 e. The van der Waals surface area contributed by atoms with Crippen molar-refractivity contribution in [3.8, 4) is 0 Å².